The highest BCUT2D eigenvalue weighted by Crippen LogP contribution is 2.10. The molecule has 0 fully saturated rings. The molecule has 3 amide bonds. The number of ether oxygens (including phenoxy) is 2. The van der Waals surface area contributed by atoms with Crippen LogP contribution in [0.3, 0.4) is 0 Å². The maximum atomic E-state index is 12.3. The van der Waals surface area contributed by atoms with Crippen molar-refractivity contribution in [2.45, 2.75) is 26.2 Å². The third-order valence-corrected chi connectivity index (χ3v) is 3.60. The van der Waals surface area contributed by atoms with Crippen molar-refractivity contribution < 1.29 is 23.9 Å². The van der Waals surface area contributed by atoms with E-state index in [0.717, 1.165) is 11.1 Å². The Balaban J connectivity index is 2.03. The van der Waals surface area contributed by atoms with Crippen LogP contribution in [0.1, 0.15) is 18.1 Å². The molecule has 0 saturated heterocycles. The summed E-state index contributed by atoms with van der Waals surface area (Å²) in [5.41, 5.74) is 6.71. The topological polar surface area (TPSA) is 98.9 Å². The highest BCUT2D eigenvalue weighted by atomic mass is 16.6. The average molecular weight is 356 g/mol. The van der Waals surface area contributed by atoms with E-state index in [1.165, 1.54) is 6.92 Å². The number of nitrogens with zero attached hydrogens (tertiary/aromatic N) is 1. The zero-order valence-corrected chi connectivity index (χ0v) is 14.3. The van der Waals surface area contributed by atoms with Crippen LogP contribution < -0.4 is 5.73 Å². The number of rotatable bonds is 6. The number of nitrogens with two attached hydrogens (primary N) is 1. The molecule has 2 rings (SSSR count). The van der Waals surface area contributed by atoms with Gasteiger partial charge in [0.2, 0.25) is 5.91 Å². The van der Waals surface area contributed by atoms with E-state index in [1.807, 2.05) is 12.1 Å². The van der Waals surface area contributed by atoms with Gasteiger partial charge in [-0.15, -0.1) is 0 Å². The van der Waals surface area contributed by atoms with E-state index in [1.54, 1.807) is 48.5 Å². The van der Waals surface area contributed by atoms with Gasteiger partial charge in [0, 0.05) is 0 Å². The van der Waals surface area contributed by atoms with Crippen molar-refractivity contribution in [2.75, 3.05) is 0 Å². The minimum atomic E-state index is -1.21. The second kappa shape index (κ2) is 9.22. The lowest BCUT2D eigenvalue weighted by atomic mass is 10.2. The second-order valence-corrected chi connectivity index (χ2v) is 5.53. The van der Waals surface area contributed by atoms with Gasteiger partial charge in [-0.25, -0.2) is 9.59 Å². The maximum Gasteiger partial charge on any atom is 0.420 e. The normalized spacial score (nSPS) is 11.3. The molecule has 0 heterocycles. The number of hydrogen-bond acceptors (Lipinski definition) is 5. The smallest absolute Gasteiger partial charge is 0.420 e. The van der Waals surface area contributed by atoms with Crippen molar-refractivity contribution in [3.05, 3.63) is 71.8 Å². The van der Waals surface area contributed by atoms with E-state index in [4.69, 9.17) is 15.2 Å². The highest BCUT2D eigenvalue weighted by molar-refractivity contribution is 5.94. The van der Waals surface area contributed by atoms with Crippen molar-refractivity contribution in [3.8, 4) is 0 Å². The monoisotopic (exact) mass is 356 g/mol. The lowest BCUT2D eigenvalue weighted by Gasteiger charge is -2.23. The summed E-state index contributed by atoms with van der Waals surface area (Å²) in [4.78, 5) is 36.7. The summed E-state index contributed by atoms with van der Waals surface area (Å²) in [5.74, 6) is -0.849. The predicted molar refractivity (Wildman–Crippen MR) is 93.7 cm³/mol. The minimum Gasteiger partial charge on any atom is -0.444 e. The van der Waals surface area contributed by atoms with Gasteiger partial charge in [-0.05, 0) is 18.1 Å². The zero-order chi connectivity index (χ0) is 18.9. The van der Waals surface area contributed by atoms with Gasteiger partial charge in [-0.3, -0.25) is 4.79 Å². The molecule has 1 atom stereocenters. The number of carbonyl (C=O) groups excluding carboxylic acids is 3. The van der Waals surface area contributed by atoms with Crippen LogP contribution in [0.25, 0.3) is 0 Å². The molecule has 7 nitrogen and oxygen atoms in total. The fourth-order valence-corrected chi connectivity index (χ4v) is 2.10. The average Bonchev–Trinajstić information content (AvgIpc) is 2.66. The molecule has 0 aromatic heterocycles. The lowest BCUT2D eigenvalue weighted by molar-refractivity contribution is -0.122. The van der Waals surface area contributed by atoms with Crippen molar-refractivity contribution in [2.24, 2.45) is 5.73 Å². The van der Waals surface area contributed by atoms with Crippen LogP contribution in [0.15, 0.2) is 60.7 Å². The first-order chi connectivity index (χ1) is 12.5. The molecule has 0 spiro atoms. The van der Waals surface area contributed by atoms with Gasteiger partial charge in [0.15, 0.2) is 0 Å². The zero-order valence-electron chi connectivity index (χ0n) is 14.3. The van der Waals surface area contributed by atoms with Crippen LogP contribution in [-0.4, -0.2) is 29.0 Å². The minimum absolute atomic E-state index is 0.0480. The van der Waals surface area contributed by atoms with Crippen LogP contribution in [0.5, 0.6) is 0 Å². The van der Waals surface area contributed by atoms with Gasteiger partial charge in [-0.2, -0.15) is 4.90 Å². The molecule has 136 valence electrons. The molecule has 0 unspecified atom stereocenters. The van der Waals surface area contributed by atoms with Crippen molar-refractivity contribution >= 4 is 18.1 Å². The van der Waals surface area contributed by atoms with Gasteiger partial charge < -0.3 is 15.2 Å². The van der Waals surface area contributed by atoms with Gasteiger partial charge in [0.05, 0.1) is 0 Å². The molecular weight excluding hydrogens is 336 g/mol. The number of hydrogen-bond donors (Lipinski definition) is 1. The Morgan fingerprint density at radius 1 is 0.846 bits per heavy atom. The lowest BCUT2D eigenvalue weighted by Crippen LogP contribution is -2.49. The first-order valence-electron chi connectivity index (χ1n) is 7.99. The van der Waals surface area contributed by atoms with Crippen LogP contribution in [-0.2, 0) is 27.5 Å². The number of imide groups is 1. The largest absolute Gasteiger partial charge is 0.444 e. The summed E-state index contributed by atoms with van der Waals surface area (Å²) in [7, 11) is 0. The molecule has 0 aliphatic heterocycles. The fraction of sp³-hybridized carbons (Fsp3) is 0.211. The molecule has 2 N–H and O–H groups in total. The van der Waals surface area contributed by atoms with Gasteiger partial charge >= 0.3 is 12.2 Å². The van der Waals surface area contributed by atoms with E-state index in [0.29, 0.717) is 4.90 Å². The Kier molecular flexibility index (Phi) is 6.73. The fourth-order valence-electron chi connectivity index (χ4n) is 2.10. The number of amides is 3. The predicted octanol–water partition coefficient (Wildman–Crippen LogP) is 2.84. The highest BCUT2D eigenvalue weighted by Gasteiger charge is 2.33. The summed E-state index contributed by atoms with van der Waals surface area (Å²) < 4.78 is 10.2. The first-order valence-corrected chi connectivity index (χ1v) is 7.99. The van der Waals surface area contributed by atoms with Gasteiger partial charge in [0.1, 0.15) is 19.3 Å². The molecule has 0 radical (unpaired) electrons. The third-order valence-electron chi connectivity index (χ3n) is 3.60. The number of primary amides is 1. The standard InChI is InChI=1S/C19H20N2O5/c1-14(17(20)22)21(18(23)25-12-15-8-4-2-5-9-15)19(24)26-13-16-10-6-3-7-11-16/h2-11,14H,12-13H2,1H3,(H2,20,22)/t14-/m0/s1. The number of carbonyl (C=O) groups is 3. The van der Waals surface area contributed by atoms with Crippen LogP contribution >= 0.6 is 0 Å². The van der Waals surface area contributed by atoms with Crippen molar-refractivity contribution in [3.63, 3.8) is 0 Å². The van der Waals surface area contributed by atoms with Crippen molar-refractivity contribution in [1.82, 2.24) is 4.90 Å². The molecular formula is C19H20N2O5. The first kappa shape index (κ1) is 19.0. The molecule has 0 bridgehead atoms. The summed E-state index contributed by atoms with van der Waals surface area (Å²) in [5, 5.41) is 0. The van der Waals surface area contributed by atoms with E-state index >= 15 is 0 Å². The summed E-state index contributed by atoms with van der Waals surface area (Å²) >= 11 is 0. The Labute approximate surface area is 151 Å². The Morgan fingerprint density at radius 3 is 1.58 bits per heavy atom. The maximum absolute atomic E-state index is 12.3. The van der Waals surface area contributed by atoms with Crippen LogP contribution in [0.4, 0.5) is 9.59 Å². The Bertz CT molecular complexity index is 694. The quantitative estimate of drug-likeness (QED) is 0.858. The van der Waals surface area contributed by atoms with Crippen LogP contribution in [0, 0.1) is 0 Å². The summed E-state index contributed by atoms with van der Waals surface area (Å²) in [6.07, 6.45) is -2.00. The van der Waals surface area contributed by atoms with E-state index < -0.39 is 24.1 Å². The Morgan fingerprint density at radius 2 is 1.23 bits per heavy atom. The second-order valence-electron chi connectivity index (χ2n) is 5.53. The van der Waals surface area contributed by atoms with Crippen LogP contribution in [0.2, 0.25) is 0 Å². The van der Waals surface area contributed by atoms with E-state index in [9.17, 15) is 14.4 Å². The molecule has 0 saturated carbocycles. The molecule has 0 aliphatic rings. The van der Waals surface area contributed by atoms with E-state index in [-0.39, 0.29) is 13.2 Å². The molecule has 2 aromatic carbocycles. The molecule has 26 heavy (non-hydrogen) atoms. The SMILES string of the molecule is C[C@@H](C(N)=O)N(C(=O)OCc1ccccc1)C(=O)OCc1ccccc1. The van der Waals surface area contributed by atoms with E-state index in [2.05, 4.69) is 0 Å². The van der Waals surface area contributed by atoms with Crippen molar-refractivity contribution in [1.29, 1.82) is 0 Å². The molecule has 2 aromatic rings. The molecule has 0 aliphatic carbocycles. The van der Waals surface area contributed by atoms with Gasteiger partial charge in [-0.1, -0.05) is 60.7 Å². The summed E-state index contributed by atoms with van der Waals surface area (Å²) in [6.45, 7) is 1.23. The van der Waals surface area contributed by atoms with Gasteiger partial charge in [0.25, 0.3) is 0 Å². The molecule has 7 heteroatoms. The summed E-state index contributed by atoms with van der Waals surface area (Å²) in [6, 6.07) is 16.7. The Hall–Kier alpha value is -3.35. The third kappa shape index (κ3) is 5.34. The number of benzene rings is 2.